The number of nitrogens with zero attached hydrogens (tertiary/aromatic N) is 1. The van der Waals surface area contributed by atoms with Crippen LogP contribution in [0.1, 0.15) is 39.5 Å². The van der Waals surface area contributed by atoms with E-state index in [0.29, 0.717) is 18.9 Å². The van der Waals surface area contributed by atoms with Gasteiger partial charge < -0.3 is 16.0 Å². The maximum absolute atomic E-state index is 11.8. The molecule has 1 fully saturated rings. The van der Waals surface area contributed by atoms with E-state index >= 15 is 0 Å². The first-order chi connectivity index (χ1) is 9.02. The summed E-state index contributed by atoms with van der Waals surface area (Å²) < 4.78 is 0. The molecule has 1 heterocycles. The minimum Gasteiger partial charge on any atom is -0.347 e. The number of nitrogens with two attached hydrogens (primary N) is 1. The Morgan fingerprint density at radius 2 is 1.89 bits per heavy atom. The van der Waals surface area contributed by atoms with Gasteiger partial charge in [0.15, 0.2) is 0 Å². The maximum atomic E-state index is 11.8. The van der Waals surface area contributed by atoms with Crippen molar-refractivity contribution in [2.24, 2.45) is 17.6 Å². The number of carbonyl (C=O) groups is 2. The molecule has 0 bridgehead atoms. The van der Waals surface area contributed by atoms with Crippen LogP contribution in [-0.4, -0.2) is 42.9 Å². The average Bonchev–Trinajstić information content (AvgIpc) is 2.88. The third-order valence-electron chi connectivity index (χ3n) is 3.51. The zero-order valence-electron chi connectivity index (χ0n) is 12.2. The summed E-state index contributed by atoms with van der Waals surface area (Å²) in [5.41, 5.74) is 5.67. The molecule has 2 amide bonds. The molecule has 1 rings (SSSR count). The van der Waals surface area contributed by atoms with Gasteiger partial charge in [-0.1, -0.05) is 13.8 Å². The predicted molar refractivity (Wildman–Crippen MR) is 75.4 cm³/mol. The lowest BCUT2D eigenvalue weighted by Gasteiger charge is -2.18. The number of hydrogen-bond donors (Lipinski definition) is 2. The standard InChI is InChI=1S/C14H27N3O2/c1-11(2)7-12(9-15)8-13(18)16-10-14(19)17-5-3-4-6-17/h11-12H,3-10,15H2,1-2H3,(H,16,18). The highest BCUT2D eigenvalue weighted by Gasteiger charge is 2.19. The van der Waals surface area contributed by atoms with Gasteiger partial charge in [0.1, 0.15) is 0 Å². The summed E-state index contributed by atoms with van der Waals surface area (Å²) in [4.78, 5) is 25.4. The molecule has 5 heteroatoms. The predicted octanol–water partition coefficient (Wildman–Crippen LogP) is 0.736. The minimum atomic E-state index is -0.0661. The molecule has 3 N–H and O–H groups in total. The van der Waals surface area contributed by atoms with Crippen molar-refractivity contribution >= 4 is 11.8 Å². The van der Waals surface area contributed by atoms with E-state index in [-0.39, 0.29) is 24.3 Å². The molecule has 0 aromatic heterocycles. The Hall–Kier alpha value is -1.10. The van der Waals surface area contributed by atoms with Gasteiger partial charge in [-0.25, -0.2) is 0 Å². The number of nitrogens with one attached hydrogen (secondary N) is 1. The van der Waals surface area contributed by atoms with E-state index in [4.69, 9.17) is 5.73 Å². The first-order valence-corrected chi connectivity index (χ1v) is 7.27. The third kappa shape index (κ3) is 6.05. The van der Waals surface area contributed by atoms with Gasteiger partial charge in [-0.05, 0) is 37.6 Å². The molecule has 0 aromatic rings. The average molecular weight is 269 g/mol. The van der Waals surface area contributed by atoms with E-state index < -0.39 is 0 Å². The van der Waals surface area contributed by atoms with E-state index in [1.54, 1.807) is 0 Å². The van der Waals surface area contributed by atoms with Crippen LogP contribution in [0.4, 0.5) is 0 Å². The largest absolute Gasteiger partial charge is 0.347 e. The molecule has 110 valence electrons. The second-order valence-corrected chi connectivity index (χ2v) is 5.80. The van der Waals surface area contributed by atoms with Crippen molar-refractivity contribution < 1.29 is 9.59 Å². The highest BCUT2D eigenvalue weighted by atomic mass is 16.2. The van der Waals surface area contributed by atoms with Crippen LogP contribution in [0.2, 0.25) is 0 Å². The molecule has 1 unspecified atom stereocenters. The van der Waals surface area contributed by atoms with Crippen molar-refractivity contribution in [3.63, 3.8) is 0 Å². The number of likely N-dealkylation sites (tertiary alicyclic amines) is 1. The van der Waals surface area contributed by atoms with Gasteiger partial charge in [0, 0.05) is 19.5 Å². The summed E-state index contributed by atoms with van der Waals surface area (Å²) in [6, 6.07) is 0. The molecule has 1 saturated heterocycles. The van der Waals surface area contributed by atoms with Crippen molar-refractivity contribution in [3.05, 3.63) is 0 Å². The molecular formula is C14H27N3O2. The Kier molecular flexibility index (Phi) is 6.84. The monoisotopic (exact) mass is 269 g/mol. The summed E-state index contributed by atoms with van der Waals surface area (Å²) in [5.74, 6) is 0.706. The third-order valence-corrected chi connectivity index (χ3v) is 3.51. The van der Waals surface area contributed by atoms with Gasteiger partial charge >= 0.3 is 0 Å². The van der Waals surface area contributed by atoms with Crippen LogP contribution in [0.15, 0.2) is 0 Å². The van der Waals surface area contributed by atoms with Gasteiger partial charge in [0.05, 0.1) is 6.54 Å². The van der Waals surface area contributed by atoms with Crippen LogP contribution in [0.25, 0.3) is 0 Å². The highest BCUT2D eigenvalue weighted by Crippen LogP contribution is 2.14. The molecule has 1 aliphatic rings. The molecule has 0 radical (unpaired) electrons. The van der Waals surface area contributed by atoms with Crippen molar-refractivity contribution in [3.8, 4) is 0 Å². The molecule has 0 saturated carbocycles. The Labute approximate surface area is 115 Å². The first-order valence-electron chi connectivity index (χ1n) is 7.27. The fourth-order valence-electron chi connectivity index (χ4n) is 2.52. The summed E-state index contributed by atoms with van der Waals surface area (Å²) in [7, 11) is 0. The SMILES string of the molecule is CC(C)CC(CN)CC(=O)NCC(=O)N1CCCC1. The molecule has 5 nitrogen and oxygen atoms in total. The quantitative estimate of drug-likeness (QED) is 0.715. The normalized spacial score (nSPS) is 16.7. The first kappa shape index (κ1) is 16.0. The van der Waals surface area contributed by atoms with Gasteiger partial charge in [-0.2, -0.15) is 0 Å². The summed E-state index contributed by atoms with van der Waals surface area (Å²) >= 11 is 0. The molecule has 0 aromatic carbocycles. The van der Waals surface area contributed by atoms with E-state index in [0.717, 1.165) is 32.4 Å². The molecule has 1 aliphatic heterocycles. The fourth-order valence-corrected chi connectivity index (χ4v) is 2.52. The van der Waals surface area contributed by atoms with Crippen LogP contribution in [0.3, 0.4) is 0 Å². The lowest BCUT2D eigenvalue weighted by molar-refractivity contribution is -0.132. The molecule has 1 atom stereocenters. The Morgan fingerprint density at radius 1 is 1.26 bits per heavy atom. The van der Waals surface area contributed by atoms with Crippen molar-refractivity contribution in [1.29, 1.82) is 0 Å². The van der Waals surface area contributed by atoms with Crippen molar-refractivity contribution in [1.82, 2.24) is 10.2 Å². The number of amides is 2. The molecule has 19 heavy (non-hydrogen) atoms. The lowest BCUT2D eigenvalue weighted by atomic mass is 9.94. The summed E-state index contributed by atoms with van der Waals surface area (Å²) in [6.45, 7) is 6.54. The summed E-state index contributed by atoms with van der Waals surface area (Å²) in [5, 5.41) is 2.71. The van der Waals surface area contributed by atoms with E-state index in [1.807, 2.05) is 4.90 Å². The van der Waals surface area contributed by atoms with Crippen LogP contribution in [0, 0.1) is 11.8 Å². The topological polar surface area (TPSA) is 75.4 Å². The molecule has 0 aliphatic carbocycles. The smallest absolute Gasteiger partial charge is 0.241 e. The number of hydrogen-bond acceptors (Lipinski definition) is 3. The summed E-state index contributed by atoms with van der Waals surface area (Å²) in [6.07, 6.45) is 3.51. The van der Waals surface area contributed by atoms with Crippen LogP contribution >= 0.6 is 0 Å². The van der Waals surface area contributed by atoms with Crippen molar-refractivity contribution in [2.75, 3.05) is 26.2 Å². The van der Waals surface area contributed by atoms with Gasteiger partial charge in [-0.3, -0.25) is 9.59 Å². The minimum absolute atomic E-state index is 0.0269. The zero-order valence-corrected chi connectivity index (χ0v) is 12.2. The molecule has 0 spiro atoms. The second-order valence-electron chi connectivity index (χ2n) is 5.80. The van der Waals surface area contributed by atoms with Gasteiger partial charge in [0.2, 0.25) is 11.8 Å². The van der Waals surface area contributed by atoms with Crippen LogP contribution < -0.4 is 11.1 Å². The molecular weight excluding hydrogens is 242 g/mol. The fraction of sp³-hybridized carbons (Fsp3) is 0.857. The van der Waals surface area contributed by atoms with Crippen molar-refractivity contribution in [2.45, 2.75) is 39.5 Å². The van der Waals surface area contributed by atoms with Gasteiger partial charge in [-0.15, -0.1) is 0 Å². The Bertz CT molecular complexity index is 299. The Balaban J connectivity index is 2.24. The number of rotatable bonds is 7. The van der Waals surface area contributed by atoms with Gasteiger partial charge in [0.25, 0.3) is 0 Å². The number of carbonyl (C=O) groups excluding carboxylic acids is 2. The van der Waals surface area contributed by atoms with E-state index in [9.17, 15) is 9.59 Å². The lowest BCUT2D eigenvalue weighted by Crippen LogP contribution is -2.39. The van der Waals surface area contributed by atoms with E-state index in [2.05, 4.69) is 19.2 Å². The van der Waals surface area contributed by atoms with Crippen LogP contribution in [-0.2, 0) is 9.59 Å². The maximum Gasteiger partial charge on any atom is 0.241 e. The highest BCUT2D eigenvalue weighted by molar-refractivity contribution is 5.84. The zero-order chi connectivity index (χ0) is 14.3. The Morgan fingerprint density at radius 3 is 2.42 bits per heavy atom. The van der Waals surface area contributed by atoms with E-state index in [1.165, 1.54) is 0 Å². The second kappa shape index (κ2) is 8.15. The van der Waals surface area contributed by atoms with Crippen LogP contribution in [0.5, 0.6) is 0 Å².